The predicted octanol–water partition coefficient (Wildman–Crippen LogP) is 5.23. The van der Waals surface area contributed by atoms with Gasteiger partial charge in [0.05, 0.1) is 13.2 Å². The number of benzene rings is 1. The van der Waals surface area contributed by atoms with Gasteiger partial charge in [0.25, 0.3) is 0 Å². The van der Waals surface area contributed by atoms with Gasteiger partial charge in [-0.05, 0) is 55.2 Å². The SMILES string of the molecule is CCOC(=O)C(Cc1ccc(C(C)C(O)(c2ccnc(Cl)c2)C(F)(F)F)c(Cl)c1)C(=O)OCC. The molecule has 0 saturated heterocycles. The highest BCUT2D eigenvalue weighted by molar-refractivity contribution is 6.31. The number of pyridine rings is 1. The van der Waals surface area contributed by atoms with Crippen molar-refractivity contribution in [2.24, 2.45) is 5.92 Å². The number of aromatic nitrogens is 1. The van der Waals surface area contributed by atoms with Crippen LogP contribution in [0.1, 0.15) is 43.4 Å². The Morgan fingerprint density at radius 1 is 1.06 bits per heavy atom. The predicted molar refractivity (Wildman–Crippen MR) is 120 cm³/mol. The van der Waals surface area contributed by atoms with Crippen molar-refractivity contribution in [3.05, 3.63) is 63.4 Å². The molecule has 1 N–H and O–H groups in total. The molecule has 0 aliphatic heterocycles. The zero-order chi connectivity index (χ0) is 25.7. The van der Waals surface area contributed by atoms with Crippen molar-refractivity contribution < 1.29 is 37.3 Å². The zero-order valence-corrected chi connectivity index (χ0v) is 20.2. The minimum atomic E-state index is -5.07. The average molecular weight is 522 g/mol. The number of esters is 2. The fourth-order valence-corrected chi connectivity index (χ4v) is 4.10. The summed E-state index contributed by atoms with van der Waals surface area (Å²) in [7, 11) is 0. The summed E-state index contributed by atoms with van der Waals surface area (Å²) in [6.45, 7) is 4.47. The van der Waals surface area contributed by atoms with Gasteiger partial charge in [-0.25, -0.2) is 4.98 Å². The molecule has 0 radical (unpaired) electrons. The van der Waals surface area contributed by atoms with Crippen molar-refractivity contribution in [1.29, 1.82) is 0 Å². The summed E-state index contributed by atoms with van der Waals surface area (Å²) < 4.78 is 52.2. The lowest BCUT2D eigenvalue weighted by atomic mass is 9.77. The summed E-state index contributed by atoms with van der Waals surface area (Å²) in [5.41, 5.74) is -3.41. The van der Waals surface area contributed by atoms with E-state index in [0.717, 1.165) is 18.3 Å². The van der Waals surface area contributed by atoms with E-state index in [2.05, 4.69) is 4.98 Å². The minimum absolute atomic E-state index is 0.00185. The Morgan fingerprint density at radius 3 is 2.12 bits per heavy atom. The van der Waals surface area contributed by atoms with E-state index in [1.165, 1.54) is 25.1 Å². The number of aliphatic hydroxyl groups is 1. The summed E-state index contributed by atoms with van der Waals surface area (Å²) in [4.78, 5) is 28.1. The molecule has 1 heterocycles. The van der Waals surface area contributed by atoms with Crippen molar-refractivity contribution in [3.63, 3.8) is 0 Å². The van der Waals surface area contributed by atoms with E-state index in [9.17, 15) is 27.9 Å². The normalized spacial score (nSPS) is 14.4. The molecule has 6 nitrogen and oxygen atoms in total. The van der Waals surface area contributed by atoms with Crippen molar-refractivity contribution in [1.82, 2.24) is 4.98 Å². The molecule has 0 amide bonds. The van der Waals surface area contributed by atoms with Gasteiger partial charge in [-0.2, -0.15) is 13.2 Å². The first-order valence-electron chi connectivity index (χ1n) is 10.4. The highest BCUT2D eigenvalue weighted by atomic mass is 35.5. The number of alkyl halides is 3. The van der Waals surface area contributed by atoms with E-state index in [4.69, 9.17) is 32.7 Å². The van der Waals surface area contributed by atoms with E-state index < -0.39 is 41.1 Å². The van der Waals surface area contributed by atoms with Gasteiger partial charge in [-0.1, -0.05) is 42.3 Å². The van der Waals surface area contributed by atoms with Crippen molar-refractivity contribution in [3.8, 4) is 0 Å². The molecule has 0 spiro atoms. The lowest BCUT2D eigenvalue weighted by Crippen LogP contribution is -2.46. The molecule has 34 heavy (non-hydrogen) atoms. The van der Waals surface area contributed by atoms with Crippen LogP contribution in [0.2, 0.25) is 10.2 Å². The Balaban J connectivity index is 2.43. The van der Waals surface area contributed by atoms with Crippen LogP contribution in [-0.2, 0) is 31.1 Å². The summed E-state index contributed by atoms with van der Waals surface area (Å²) in [6, 6.07) is 6.06. The second-order valence-electron chi connectivity index (χ2n) is 7.47. The smallest absolute Gasteiger partial charge is 0.422 e. The molecule has 1 aromatic heterocycles. The Hall–Kier alpha value is -2.36. The number of ether oxygens (including phenoxy) is 2. The molecular weight excluding hydrogens is 498 g/mol. The summed E-state index contributed by atoms with van der Waals surface area (Å²) in [6.07, 6.45) is -4.13. The van der Waals surface area contributed by atoms with Gasteiger partial charge in [0.15, 0.2) is 11.5 Å². The van der Waals surface area contributed by atoms with Gasteiger partial charge < -0.3 is 14.6 Å². The maximum absolute atomic E-state index is 14.1. The summed E-state index contributed by atoms with van der Waals surface area (Å²) in [5.74, 6) is -4.37. The zero-order valence-electron chi connectivity index (χ0n) is 18.7. The van der Waals surface area contributed by atoms with E-state index in [1.807, 2.05) is 0 Å². The standard InChI is InChI=1S/C23H24Cl2F3NO5/c1-4-33-20(30)17(21(31)34-5-2)10-14-6-7-16(18(24)11-14)13(3)22(32,23(26,27)28)15-8-9-29-19(25)12-15/h6-9,11-13,17,32H,4-5,10H2,1-3H3. The second-order valence-corrected chi connectivity index (χ2v) is 8.26. The van der Waals surface area contributed by atoms with Gasteiger partial charge in [-0.3, -0.25) is 9.59 Å². The van der Waals surface area contributed by atoms with E-state index >= 15 is 0 Å². The first kappa shape index (κ1) is 27.9. The molecule has 0 aliphatic rings. The van der Waals surface area contributed by atoms with Gasteiger partial charge in [0.1, 0.15) is 5.15 Å². The largest absolute Gasteiger partial charge is 0.465 e. The summed E-state index contributed by atoms with van der Waals surface area (Å²) >= 11 is 12.1. The number of carbonyl (C=O) groups excluding carboxylic acids is 2. The Labute approximate surface area is 205 Å². The maximum Gasteiger partial charge on any atom is 0.422 e. The number of carbonyl (C=O) groups is 2. The Morgan fingerprint density at radius 2 is 1.65 bits per heavy atom. The van der Waals surface area contributed by atoms with Gasteiger partial charge in [0, 0.05) is 17.1 Å². The number of rotatable bonds is 9. The fourth-order valence-electron chi connectivity index (χ4n) is 3.56. The van der Waals surface area contributed by atoms with Crippen LogP contribution in [0.5, 0.6) is 0 Å². The fraction of sp³-hybridized carbons (Fsp3) is 0.435. The molecule has 0 saturated carbocycles. The van der Waals surface area contributed by atoms with Crippen LogP contribution in [0.3, 0.4) is 0 Å². The van der Waals surface area contributed by atoms with E-state index in [0.29, 0.717) is 5.56 Å². The maximum atomic E-state index is 14.1. The molecular formula is C23H24Cl2F3NO5. The molecule has 2 aromatic rings. The Kier molecular flexibility index (Phi) is 9.33. The van der Waals surface area contributed by atoms with Crippen molar-refractivity contribution in [2.75, 3.05) is 13.2 Å². The van der Waals surface area contributed by atoms with Crippen LogP contribution < -0.4 is 0 Å². The molecule has 2 rings (SSSR count). The van der Waals surface area contributed by atoms with Crippen LogP contribution in [0.4, 0.5) is 13.2 Å². The monoisotopic (exact) mass is 521 g/mol. The van der Waals surface area contributed by atoms with Crippen LogP contribution in [0, 0.1) is 5.92 Å². The molecule has 1 aromatic carbocycles. The topological polar surface area (TPSA) is 85.7 Å². The average Bonchev–Trinajstić information content (AvgIpc) is 2.76. The molecule has 186 valence electrons. The molecule has 0 aliphatic carbocycles. The van der Waals surface area contributed by atoms with Crippen LogP contribution in [0.15, 0.2) is 36.5 Å². The van der Waals surface area contributed by atoms with Gasteiger partial charge in [-0.15, -0.1) is 0 Å². The van der Waals surface area contributed by atoms with Crippen LogP contribution in [0.25, 0.3) is 0 Å². The molecule has 0 bridgehead atoms. The highest BCUT2D eigenvalue weighted by Gasteiger charge is 2.59. The van der Waals surface area contributed by atoms with Gasteiger partial charge in [0.2, 0.25) is 0 Å². The first-order chi connectivity index (χ1) is 15.9. The van der Waals surface area contributed by atoms with Crippen LogP contribution >= 0.6 is 23.2 Å². The number of hydrogen-bond donors (Lipinski definition) is 1. The first-order valence-corrected chi connectivity index (χ1v) is 11.1. The Bertz CT molecular complexity index is 1020. The highest BCUT2D eigenvalue weighted by Crippen LogP contribution is 2.50. The molecule has 2 unspecified atom stereocenters. The number of halogens is 5. The van der Waals surface area contributed by atoms with E-state index in [1.54, 1.807) is 13.8 Å². The molecule has 0 fully saturated rings. The lowest BCUT2D eigenvalue weighted by molar-refractivity contribution is -0.274. The number of nitrogens with zero attached hydrogens (tertiary/aromatic N) is 1. The third-order valence-corrected chi connectivity index (χ3v) is 5.87. The van der Waals surface area contributed by atoms with Crippen molar-refractivity contribution in [2.45, 2.75) is 44.9 Å². The van der Waals surface area contributed by atoms with E-state index in [-0.39, 0.29) is 35.4 Å². The van der Waals surface area contributed by atoms with Crippen molar-refractivity contribution >= 4 is 35.1 Å². The van der Waals surface area contributed by atoms with Crippen LogP contribution in [-0.4, -0.2) is 41.4 Å². The molecule has 11 heteroatoms. The lowest BCUT2D eigenvalue weighted by Gasteiger charge is -2.37. The molecule has 2 atom stereocenters. The minimum Gasteiger partial charge on any atom is -0.465 e. The third-order valence-electron chi connectivity index (χ3n) is 5.34. The van der Waals surface area contributed by atoms with Gasteiger partial charge >= 0.3 is 18.1 Å². The second kappa shape index (κ2) is 11.4. The third kappa shape index (κ3) is 6.00. The summed E-state index contributed by atoms with van der Waals surface area (Å²) in [5, 5.41) is 10.6. The number of hydrogen-bond acceptors (Lipinski definition) is 6. The quantitative estimate of drug-likeness (QED) is 0.276.